The molecular formula is C12H16BrNO2S. The molecule has 0 aliphatic carbocycles. The summed E-state index contributed by atoms with van der Waals surface area (Å²) in [5.74, 6) is -0.0708. The number of thiophene rings is 1. The van der Waals surface area contributed by atoms with E-state index >= 15 is 0 Å². The zero-order chi connectivity index (χ0) is 12.5. The summed E-state index contributed by atoms with van der Waals surface area (Å²) in [7, 11) is 0. The molecule has 2 N–H and O–H groups in total. The fraction of sp³-hybridized carbons (Fsp3) is 0.417. The van der Waals surface area contributed by atoms with Crippen LogP contribution in [0.2, 0.25) is 0 Å². The lowest BCUT2D eigenvalue weighted by Gasteiger charge is -2.00. The van der Waals surface area contributed by atoms with Gasteiger partial charge in [0.1, 0.15) is 0 Å². The fourth-order valence-corrected chi connectivity index (χ4v) is 2.59. The van der Waals surface area contributed by atoms with Gasteiger partial charge in [0.05, 0.1) is 3.79 Å². The normalized spacial score (nSPS) is 10.9. The molecule has 0 bridgehead atoms. The van der Waals surface area contributed by atoms with Crippen LogP contribution in [0.3, 0.4) is 0 Å². The number of unbranched alkanes of at least 4 members (excludes halogenated alkanes) is 2. The molecule has 0 fully saturated rings. The number of carbonyl (C=O) groups is 1. The van der Waals surface area contributed by atoms with E-state index in [0.717, 1.165) is 27.9 Å². The first-order valence-corrected chi connectivity index (χ1v) is 7.15. The summed E-state index contributed by atoms with van der Waals surface area (Å²) in [6.07, 6.45) is 6.00. The van der Waals surface area contributed by atoms with Crippen molar-refractivity contribution in [1.29, 1.82) is 0 Å². The van der Waals surface area contributed by atoms with E-state index in [2.05, 4.69) is 21.2 Å². The number of aliphatic hydroxyl groups is 1. The van der Waals surface area contributed by atoms with E-state index in [1.807, 2.05) is 12.1 Å². The molecule has 0 spiro atoms. The van der Waals surface area contributed by atoms with Gasteiger partial charge in [-0.25, -0.2) is 0 Å². The minimum absolute atomic E-state index is 0.0708. The molecule has 0 aliphatic heterocycles. The predicted molar refractivity (Wildman–Crippen MR) is 75.0 cm³/mol. The zero-order valence-corrected chi connectivity index (χ0v) is 11.9. The first kappa shape index (κ1) is 14.4. The number of hydrogen-bond acceptors (Lipinski definition) is 3. The van der Waals surface area contributed by atoms with Crippen molar-refractivity contribution >= 4 is 39.2 Å². The van der Waals surface area contributed by atoms with Crippen molar-refractivity contribution in [1.82, 2.24) is 5.32 Å². The minimum Gasteiger partial charge on any atom is -0.396 e. The third-order valence-corrected chi connectivity index (χ3v) is 3.72. The van der Waals surface area contributed by atoms with Crippen molar-refractivity contribution in [2.75, 3.05) is 13.2 Å². The summed E-state index contributed by atoms with van der Waals surface area (Å²) in [5.41, 5.74) is 0. The Balaban J connectivity index is 2.18. The van der Waals surface area contributed by atoms with Crippen LogP contribution in [0.4, 0.5) is 0 Å². The molecule has 0 atom stereocenters. The summed E-state index contributed by atoms with van der Waals surface area (Å²) >= 11 is 4.96. The van der Waals surface area contributed by atoms with Gasteiger partial charge < -0.3 is 10.4 Å². The Morgan fingerprint density at radius 2 is 2.24 bits per heavy atom. The number of hydrogen-bond donors (Lipinski definition) is 2. The van der Waals surface area contributed by atoms with Crippen LogP contribution in [-0.2, 0) is 4.79 Å². The van der Waals surface area contributed by atoms with Crippen LogP contribution in [0.25, 0.3) is 6.08 Å². The predicted octanol–water partition coefficient (Wildman–Crippen LogP) is 2.80. The zero-order valence-electron chi connectivity index (χ0n) is 9.49. The minimum atomic E-state index is -0.0708. The summed E-state index contributed by atoms with van der Waals surface area (Å²) in [6.45, 7) is 0.887. The number of halogens is 1. The van der Waals surface area contributed by atoms with E-state index in [1.54, 1.807) is 23.5 Å². The molecule has 3 nitrogen and oxygen atoms in total. The van der Waals surface area contributed by atoms with E-state index in [-0.39, 0.29) is 12.5 Å². The average Bonchev–Trinajstić information content (AvgIpc) is 2.72. The molecule has 0 unspecified atom stereocenters. The van der Waals surface area contributed by atoms with Crippen molar-refractivity contribution < 1.29 is 9.90 Å². The van der Waals surface area contributed by atoms with Crippen molar-refractivity contribution in [3.63, 3.8) is 0 Å². The number of rotatable bonds is 7. The molecule has 1 amide bonds. The molecule has 1 aromatic rings. The molecule has 0 saturated carbocycles. The lowest BCUT2D eigenvalue weighted by Crippen LogP contribution is -2.21. The van der Waals surface area contributed by atoms with E-state index < -0.39 is 0 Å². The first-order chi connectivity index (χ1) is 8.22. The highest BCUT2D eigenvalue weighted by atomic mass is 79.9. The van der Waals surface area contributed by atoms with Gasteiger partial charge in [0.15, 0.2) is 0 Å². The summed E-state index contributed by atoms with van der Waals surface area (Å²) in [6, 6.07) is 3.91. The standard InChI is InChI=1S/C12H16BrNO2S/c13-11-6-4-10(17-11)5-7-12(16)14-8-2-1-3-9-15/h4-7,15H,1-3,8-9H2,(H,14,16)/b7-5+. The Labute approximate surface area is 114 Å². The van der Waals surface area contributed by atoms with Gasteiger partial charge in [-0.15, -0.1) is 11.3 Å². The van der Waals surface area contributed by atoms with Gasteiger partial charge in [0.2, 0.25) is 5.91 Å². The van der Waals surface area contributed by atoms with Gasteiger partial charge in [0, 0.05) is 24.1 Å². The molecule has 1 heterocycles. The molecule has 17 heavy (non-hydrogen) atoms. The Kier molecular flexibility index (Phi) is 7.16. The van der Waals surface area contributed by atoms with Crippen molar-refractivity contribution in [3.05, 3.63) is 26.9 Å². The monoisotopic (exact) mass is 317 g/mol. The molecule has 94 valence electrons. The Morgan fingerprint density at radius 1 is 1.41 bits per heavy atom. The molecular weight excluding hydrogens is 302 g/mol. The molecule has 5 heteroatoms. The van der Waals surface area contributed by atoms with E-state index in [0.29, 0.717) is 6.54 Å². The highest BCUT2D eigenvalue weighted by Crippen LogP contribution is 2.22. The molecule has 1 rings (SSSR count). The van der Waals surface area contributed by atoms with Gasteiger partial charge in [-0.2, -0.15) is 0 Å². The largest absolute Gasteiger partial charge is 0.396 e. The quantitative estimate of drug-likeness (QED) is 0.600. The van der Waals surface area contributed by atoms with Crippen LogP contribution in [0.1, 0.15) is 24.1 Å². The molecule has 0 saturated heterocycles. The van der Waals surface area contributed by atoms with E-state index in [9.17, 15) is 4.79 Å². The Morgan fingerprint density at radius 3 is 2.88 bits per heavy atom. The molecule has 0 aliphatic rings. The SMILES string of the molecule is O=C(/C=C/c1ccc(Br)s1)NCCCCCO. The maximum absolute atomic E-state index is 11.4. The fourth-order valence-electron chi connectivity index (χ4n) is 1.26. The second kappa shape index (κ2) is 8.44. The second-order valence-electron chi connectivity index (χ2n) is 3.55. The number of aliphatic hydroxyl groups excluding tert-OH is 1. The third kappa shape index (κ3) is 6.61. The van der Waals surface area contributed by atoms with Gasteiger partial charge in [-0.1, -0.05) is 0 Å². The lowest BCUT2D eigenvalue weighted by atomic mass is 10.2. The summed E-state index contributed by atoms with van der Waals surface area (Å²) in [5, 5.41) is 11.4. The highest BCUT2D eigenvalue weighted by molar-refractivity contribution is 9.11. The van der Waals surface area contributed by atoms with Crippen molar-refractivity contribution in [3.8, 4) is 0 Å². The maximum atomic E-state index is 11.4. The van der Waals surface area contributed by atoms with Crippen molar-refractivity contribution in [2.45, 2.75) is 19.3 Å². The van der Waals surface area contributed by atoms with Crippen LogP contribution in [0.15, 0.2) is 22.0 Å². The number of carbonyl (C=O) groups excluding carboxylic acids is 1. The Bertz CT molecular complexity index is 376. The first-order valence-electron chi connectivity index (χ1n) is 5.54. The highest BCUT2D eigenvalue weighted by Gasteiger charge is 1.96. The lowest BCUT2D eigenvalue weighted by molar-refractivity contribution is -0.116. The van der Waals surface area contributed by atoms with Crippen LogP contribution >= 0.6 is 27.3 Å². The van der Waals surface area contributed by atoms with Crippen molar-refractivity contribution in [2.24, 2.45) is 0 Å². The van der Waals surface area contributed by atoms with E-state index in [4.69, 9.17) is 5.11 Å². The average molecular weight is 318 g/mol. The van der Waals surface area contributed by atoms with Gasteiger partial charge in [-0.3, -0.25) is 4.79 Å². The molecule has 0 radical (unpaired) electrons. The number of amides is 1. The van der Waals surface area contributed by atoms with Gasteiger partial charge in [0.25, 0.3) is 0 Å². The summed E-state index contributed by atoms with van der Waals surface area (Å²) in [4.78, 5) is 12.4. The molecule has 1 aromatic heterocycles. The topological polar surface area (TPSA) is 49.3 Å². The second-order valence-corrected chi connectivity index (χ2v) is 6.05. The third-order valence-electron chi connectivity index (χ3n) is 2.13. The number of nitrogens with one attached hydrogen (secondary N) is 1. The van der Waals surface area contributed by atoms with Crippen LogP contribution in [0, 0.1) is 0 Å². The smallest absolute Gasteiger partial charge is 0.244 e. The molecule has 0 aromatic carbocycles. The maximum Gasteiger partial charge on any atom is 0.244 e. The van der Waals surface area contributed by atoms with Crippen LogP contribution < -0.4 is 5.32 Å². The van der Waals surface area contributed by atoms with Crippen LogP contribution in [-0.4, -0.2) is 24.2 Å². The van der Waals surface area contributed by atoms with Gasteiger partial charge >= 0.3 is 0 Å². The summed E-state index contributed by atoms with van der Waals surface area (Å²) < 4.78 is 1.06. The van der Waals surface area contributed by atoms with Crippen LogP contribution in [0.5, 0.6) is 0 Å². The van der Waals surface area contributed by atoms with E-state index in [1.165, 1.54) is 0 Å². The Hall–Kier alpha value is -0.650. The van der Waals surface area contributed by atoms with Gasteiger partial charge in [-0.05, 0) is 53.4 Å².